The van der Waals surface area contributed by atoms with Crippen molar-refractivity contribution in [2.75, 3.05) is 21.3 Å². The summed E-state index contributed by atoms with van der Waals surface area (Å²) in [6.07, 6.45) is 10.9. The van der Waals surface area contributed by atoms with Gasteiger partial charge in [-0.1, -0.05) is 18.2 Å². The van der Waals surface area contributed by atoms with Gasteiger partial charge in [-0.3, -0.25) is 0 Å². The number of hydrogen-bond acceptors (Lipinski definition) is 3. The summed E-state index contributed by atoms with van der Waals surface area (Å²) in [6.45, 7) is 0. The Bertz CT molecular complexity index is 236. The van der Waals surface area contributed by atoms with Crippen molar-refractivity contribution >= 4 is 8.80 Å². The van der Waals surface area contributed by atoms with Crippen molar-refractivity contribution < 1.29 is 13.3 Å². The molecule has 1 aliphatic carbocycles. The molecule has 0 saturated carbocycles. The van der Waals surface area contributed by atoms with E-state index in [9.17, 15) is 0 Å². The predicted molar refractivity (Wildman–Crippen MR) is 62.5 cm³/mol. The monoisotopic (exact) mass is 228 g/mol. The summed E-state index contributed by atoms with van der Waals surface area (Å²) in [7, 11) is 2.40. The molecular formula is C11H20O3Si. The summed E-state index contributed by atoms with van der Waals surface area (Å²) in [6, 6.07) is 0. The number of hydrogen-bond donors (Lipinski definition) is 0. The summed E-state index contributed by atoms with van der Waals surface area (Å²) in [5, 5.41) is 1.17. The van der Waals surface area contributed by atoms with Crippen LogP contribution in [0.2, 0.25) is 0 Å². The highest BCUT2D eigenvalue weighted by molar-refractivity contribution is 6.68. The molecule has 1 aliphatic rings. The van der Waals surface area contributed by atoms with Crippen LogP contribution in [0.4, 0.5) is 0 Å². The molecule has 4 heteroatoms. The molecule has 0 spiro atoms. The maximum absolute atomic E-state index is 5.46. The van der Waals surface area contributed by atoms with Crippen molar-refractivity contribution in [2.24, 2.45) is 0 Å². The molecule has 0 N–H and O–H groups in total. The van der Waals surface area contributed by atoms with Gasteiger partial charge >= 0.3 is 8.80 Å². The Labute approximate surface area is 93.1 Å². The fourth-order valence-electron chi connectivity index (χ4n) is 1.84. The first-order valence-corrected chi connectivity index (χ1v) is 7.03. The third-order valence-corrected chi connectivity index (χ3v) is 5.52. The van der Waals surface area contributed by atoms with E-state index in [1.165, 1.54) is 18.0 Å². The van der Waals surface area contributed by atoms with Gasteiger partial charge in [0.1, 0.15) is 0 Å². The standard InChI is InChI=1S/C11H20O3Si/c1-12-15(13-2,14-3)11-9-7-5-4-6-8-10-11/h5,7,9H,4,6,8,10H2,1-3H3/b7-5-,11-9+. The van der Waals surface area contributed by atoms with Crippen LogP contribution in [0.5, 0.6) is 0 Å². The zero-order chi connectivity index (χ0) is 11.1. The van der Waals surface area contributed by atoms with Crippen LogP contribution in [0.15, 0.2) is 23.4 Å². The van der Waals surface area contributed by atoms with Gasteiger partial charge in [-0.25, -0.2) is 0 Å². The van der Waals surface area contributed by atoms with Gasteiger partial charge in [-0.2, -0.15) is 0 Å². The van der Waals surface area contributed by atoms with E-state index in [0.717, 1.165) is 12.8 Å². The highest BCUT2D eigenvalue weighted by Gasteiger charge is 2.42. The first-order chi connectivity index (χ1) is 7.29. The average Bonchev–Trinajstić information content (AvgIpc) is 2.23. The molecule has 0 atom stereocenters. The lowest BCUT2D eigenvalue weighted by atomic mass is 10.1. The summed E-state index contributed by atoms with van der Waals surface area (Å²) < 4.78 is 16.4. The molecule has 86 valence electrons. The molecule has 0 radical (unpaired) electrons. The van der Waals surface area contributed by atoms with Gasteiger partial charge < -0.3 is 13.3 Å². The Morgan fingerprint density at radius 3 is 2.33 bits per heavy atom. The number of rotatable bonds is 4. The predicted octanol–water partition coefficient (Wildman–Crippen LogP) is 2.46. The van der Waals surface area contributed by atoms with E-state index in [2.05, 4.69) is 18.2 Å². The maximum atomic E-state index is 5.46. The topological polar surface area (TPSA) is 27.7 Å². The molecule has 0 saturated heterocycles. The van der Waals surface area contributed by atoms with Crippen LogP contribution in [0.25, 0.3) is 0 Å². The summed E-state index contributed by atoms with van der Waals surface area (Å²) in [5.41, 5.74) is 0. The van der Waals surface area contributed by atoms with Gasteiger partial charge in [0.25, 0.3) is 0 Å². The van der Waals surface area contributed by atoms with Crippen molar-refractivity contribution in [3.05, 3.63) is 23.4 Å². The maximum Gasteiger partial charge on any atom is 0.532 e. The van der Waals surface area contributed by atoms with Crippen molar-refractivity contribution in [3.8, 4) is 0 Å². The third kappa shape index (κ3) is 3.01. The molecule has 3 nitrogen and oxygen atoms in total. The normalized spacial score (nSPS) is 23.8. The summed E-state index contributed by atoms with van der Waals surface area (Å²) in [4.78, 5) is 0. The molecule has 15 heavy (non-hydrogen) atoms. The first-order valence-electron chi connectivity index (χ1n) is 5.30. The van der Waals surface area contributed by atoms with Crippen LogP contribution in [0.3, 0.4) is 0 Å². The lowest BCUT2D eigenvalue weighted by Crippen LogP contribution is -2.45. The smallest absolute Gasteiger partial charge is 0.374 e. The third-order valence-electron chi connectivity index (χ3n) is 2.70. The molecular weight excluding hydrogens is 208 g/mol. The fourth-order valence-corrected chi connectivity index (χ4v) is 3.91. The van der Waals surface area contributed by atoms with Crippen molar-refractivity contribution in [2.45, 2.75) is 25.7 Å². The van der Waals surface area contributed by atoms with Crippen molar-refractivity contribution in [3.63, 3.8) is 0 Å². The van der Waals surface area contributed by atoms with Gasteiger partial charge in [-0.15, -0.1) is 0 Å². The van der Waals surface area contributed by atoms with E-state index in [1.54, 1.807) is 21.3 Å². The van der Waals surface area contributed by atoms with Crippen LogP contribution in [0.1, 0.15) is 25.7 Å². The van der Waals surface area contributed by atoms with E-state index in [-0.39, 0.29) is 0 Å². The van der Waals surface area contributed by atoms with E-state index in [0.29, 0.717) is 0 Å². The second-order valence-corrected chi connectivity index (χ2v) is 6.51. The minimum Gasteiger partial charge on any atom is -0.374 e. The summed E-state index contributed by atoms with van der Waals surface area (Å²) in [5.74, 6) is 0. The Kier molecular flexibility index (Phi) is 5.25. The lowest BCUT2D eigenvalue weighted by Gasteiger charge is -2.27. The molecule has 0 aliphatic heterocycles. The molecule has 0 aromatic carbocycles. The Morgan fingerprint density at radius 1 is 1.07 bits per heavy atom. The minimum atomic E-state index is -2.56. The van der Waals surface area contributed by atoms with Crippen LogP contribution >= 0.6 is 0 Å². The summed E-state index contributed by atoms with van der Waals surface area (Å²) >= 11 is 0. The van der Waals surface area contributed by atoms with E-state index in [1.807, 2.05) is 0 Å². The number of allylic oxidation sites excluding steroid dienone is 4. The fraction of sp³-hybridized carbons (Fsp3) is 0.636. The van der Waals surface area contributed by atoms with Crippen LogP contribution in [-0.4, -0.2) is 30.1 Å². The largest absolute Gasteiger partial charge is 0.532 e. The minimum absolute atomic E-state index is 1.01. The van der Waals surface area contributed by atoms with E-state index in [4.69, 9.17) is 13.3 Å². The first kappa shape index (κ1) is 12.6. The molecule has 0 heterocycles. The zero-order valence-corrected chi connectivity index (χ0v) is 10.8. The molecule has 0 amide bonds. The van der Waals surface area contributed by atoms with Gasteiger partial charge in [0, 0.05) is 26.5 Å². The van der Waals surface area contributed by atoms with Crippen molar-refractivity contribution in [1.82, 2.24) is 0 Å². The second-order valence-electron chi connectivity index (χ2n) is 3.53. The quantitative estimate of drug-likeness (QED) is 0.692. The molecule has 0 aromatic heterocycles. The van der Waals surface area contributed by atoms with Gasteiger partial charge in [0.15, 0.2) is 0 Å². The molecule has 1 rings (SSSR count). The highest BCUT2D eigenvalue weighted by Crippen LogP contribution is 2.24. The Hall–Kier alpha value is -0.423. The van der Waals surface area contributed by atoms with Crippen LogP contribution in [0, 0.1) is 0 Å². The van der Waals surface area contributed by atoms with Gasteiger partial charge in [-0.05, 0) is 25.7 Å². The Balaban J connectivity index is 2.88. The van der Waals surface area contributed by atoms with Gasteiger partial charge in [0.05, 0.1) is 0 Å². The van der Waals surface area contributed by atoms with E-state index < -0.39 is 8.80 Å². The van der Waals surface area contributed by atoms with E-state index >= 15 is 0 Å². The zero-order valence-electron chi connectivity index (χ0n) is 9.79. The SMILES string of the molecule is CO[Si](OC)(OC)/C1=C/C=C\CCCC1. The van der Waals surface area contributed by atoms with Crippen molar-refractivity contribution in [1.29, 1.82) is 0 Å². The lowest BCUT2D eigenvalue weighted by molar-refractivity contribution is 0.133. The second kappa shape index (κ2) is 6.22. The molecule has 0 aromatic rings. The van der Waals surface area contributed by atoms with Crippen LogP contribution in [-0.2, 0) is 13.3 Å². The molecule has 0 fully saturated rings. The highest BCUT2D eigenvalue weighted by atomic mass is 28.4. The average molecular weight is 228 g/mol. The molecule has 0 bridgehead atoms. The van der Waals surface area contributed by atoms with Crippen LogP contribution < -0.4 is 0 Å². The molecule has 0 unspecified atom stereocenters. The van der Waals surface area contributed by atoms with Gasteiger partial charge in [0.2, 0.25) is 0 Å². The Morgan fingerprint density at radius 2 is 1.73 bits per heavy atom.